The number of rotatable bonds is 5. The molecule has 0 radical (unpaired) electrons. The minimum absolute atomic E-state index is 0.00967. The molecule has 0 atom stereocenters. The van der Waals surface area contributed by atoms with E-state index >= 15 is 0 Å². The Morgan fingerprint density at radius 2 is 2.00 bits per heavy atom. The van der Waals surface area contributed by atoms with Crippen LogP contribution in [0.3, 0.4) is 0 Å². The van der Waals surface area contributed by atoms with Crippen LogP contribution in [0.2, 0.25) is 0 Å². The van der Waals surface area contributed by atoms with E-state index in [1.165, 1.54) is 0 Å². The molecule has 3 aromatic rings. The average molecular weight is 408 g/mol. The molecule has 1 fully saturated rings. The highest BCUT2D eigenvalue weighted by atomic mass is 32.2. The van der Waals surface area contributed by atoms with Crippen molar-refractivity contribution in [3.8, 4) is 11.8 Å². The topological polar surface area (TPSA) is 95.2 Å². The van der Waals surface area contributed by atoms with Gasteiger partial charge in [-0.05, 0) is 29.8 Å². The molecule has 1 aliphatic heterocycles. The van der Waals surface area contributed by atoms with Crippen LogP contribution in [0.15, 0.2) is 54.9 Å². The molecule has 7 nitrogen and oxygen atoms in total. The van der Waals surface area contributed by atoms with Gasteiger partial charge in [0.05, 0.1) is 5.75 Å². The molecule has 3 heterocycles. The highest BCUT2D eigenvalue weighted by Gasteiger charge is 2.33. The zero-order valence-corrected chi connectivity index (χ0v) is 16.4. The van der Waals surface area contributed by atoms with E-state index in [0.29, 0.717) is 13.1 Å². The molecule has 2 aromatic heterocycles. The Balaban J connectivity index is 1.27. The maximum atomic E-state index is 12.4. The van der Waals surface area contributed by atoms with Crippen LogP contribution in [-0.2, 0) is 21.4 Å². The molecule has 0 saturated carbocycles. The fraction of sp³-hybridized carbons (Fsp3) is 0.238. The second-order valence-corrected chi connectivity index (χ2v) is 8.86. The number of hydrogen-bond donors (Lipinski definition) is 2. The number of fused-ring (bicyclic) bond motifs is 1. The zero-order chi connectivity index (χ0) is 20.3. The molecule has 0 unspecified atom stereocenters. The molecule has 8 heteroatoms. The third-order valence-corrected chi connectivity index (χ3v) is 6.31. The van der Waals surface area contributed by atoms with E-state index in [4.69, 9.17) is 0 Å². The van der Waals surface area contributed by atoms with Crippen LogP contribution in [0.25, 0.3) is 11.0 Å². The van der Waals surface area contributed by atoms with Gasteiger partial charge >= 0.3 is 0 Å². The van der Waals surface area contributed by atoms with Crippen molar-refractivity contribution < 1.29 is 13.2 Å². The summed E-state index contributed by atoms with van der Waals surface area (Å²) >= 11 is 0. The predicted molar refractivity (Wildman–Crippen MR) is 110 cm³/mol. The van der Waals surface area contributed by atoms with Crippen LogP contribution < -0.4 is 4.72 Å². The lowest BCUT2D eigenvalue weighted by Gasteiger charge is -2.37. The number of hydrogen-bond acceptors (Lipinski definition) is 4. The van der Waals surface area contributed by atoms with Crippen LogP contribution in [0.5, 0.6) is 0 Å². The standard InChI is InChI=1S/C21H20N4O3S/c26-20(7-6-16-4-2-1-3-5-16)25-13-17(14-25)15-29(27,28)24-12-18-8-10-22-21-19(18)9-11-23-21/h1-5,8-11,17,24H,12-15H2,(H,22,23). The number of likely N-dealkylation sites (tertiary alicyclic amines) is 1. The van der Waals surface area contributed by atoms with E-state index in [1.54, 1.807) is 23.4 Å². The van der Waals surface area contributed by atoms with Crippen molar-refractivity contribution in [3.63, 3.8) is 0 Å². The summed E-state index contributed by atoms with van der Waals surface area (Å²) in [5.74, 6) is 5.07. The summed E-state index contributed by atoms with van der Waals surface area (Å²) in [6, 6.07) is 12.9. The predicted octanol–water partition coefficient (Wildman–Crippen LogP) is 1.49. The normalized spacial score (nSPS) is 14.3. The summed E-state index contributed by atoms with van der Waals surface area (Å²) in [4.78, 5) is 20.9. The van der Waals surface area contributed by atoms with Gasteiger partial charge in [0.1, 0.15) is 5.65 Å². The summed E-state index contributed by atoms with van der Waals surface area (Å²) in [6.07, 6.45) is 3.42. The van der Waals surface area contributed by atoms with E-state index in [2.05, 4.69) is 26.5 Å². The molecule has 1 aliphatic rings. The fourth-order valence-electron chi connectivity index (χ4n) is 3.30. The van der Waals surface area contributed by atoms with E-state index in [-0.39, 0.29) is 24.1 Å². The highest BCUT2D eigenvalue weighted by molar-refractivity contribution is 7.89. The molecule has 4 rings (SSSR count). The molecule has 0 spiro atoms. The number of carbonyl (C=O) groups excluding carboxylic acids is 1. The lowest BCUT2D eigenvalue weighted by molar-refractivity contribution is -0.130. The van der Waals surface area contributed by atoms with E-state index in [0.717, 1.165) is 22.2 Å². The first kappa shape index (κ1) is 19.2. The Bertz CT molecular complexity index is 1190. The number of nitrogens with zero attached hydrogens (tertiary/aromatic N) is 2. The van der Waals surface area contributed by atoms with Gasteiger partial charge in [-0.3, -0.25) is 4.79 Å². The summed E-state index contributed by atoms with van der Waals surface area (Å²) in [7, 11) is -3.45. The number of aromatic amines is 1. The third-order valence-electron chi connectivity index (χ3n) is 4.82. The van der Waals surface area contributed by atoms with Crippen LogP contribution >= 0.6 is 0 Å². The van der Waals surface area contributed by atoms with Crippen molar-refractivity contribution in [3.05, 3.63) is 66.0 Å². The first-order valence-corrected chi connectivity index (χ1v) is 10.9. The van der Waals surface area contributed by atoms with Gasteiger partial charge in [-0.25, -0.2) is 18.1 Å². The monoisotopic (exact) mass is 408 g/mol. The maximum absolute atomic E-state index is 12.4. The van der Waals surface area contributed by atoms with Crippen LogP contribution in [0, 0.1) is 17.8 Å². The Morgan fingerprint density at radius 1 is 1.21 bits per heavy atom. The zero-order valence-electron chi connectivity index (χ0n) is 15.6. The number of sulfonamides is 1. The number of benzene rings is 1. The van der Waals surface area contributed by atoms with Crippen molar-refractivity contribution >= 4 is 27.0 Å². The summed E-state index contributed by atoms with van der Waals surface area (Å²) in [6.45, 7) is 1.01. The van der Waals surface area contributed by atoms with Crippen molar-refractivity contribution in [1.29, 1.82) is 0 Å². The minimum Gasteiger partial charge on any atom is -0.346 e. The van der Waals surface area contributed by atoms with Gasteiger partial charge in [-0.15, -0.1) is 0 Å². The molecule has 148 valence electrons. The molecule has 1 saturated heterocycles. The Labute approximate surface area is 169 Å². The van der Waals surface area contributed by atoms with Crippen LogP contribution in [0.4, 0.5) is 0 Å². The first-order valence-electron chi connectivity index (χ1n) is 9.24. The second-order valence-electron chi connectivity index (χ2n) is 7.00. The van der Waals surface area contributed by atoms with Gasteiger partial charge < -0.3 is 9.88 Å². The molecule has 0 aliphatic carbocycles. The number of H-pyrrole nitrogens is 1. The quantitative estimate of drug-likeness (QED) is 0.626. The lowest BCUT2D eigenvalue weighted by Crippen LogP contribution is -2.52. The van der Waals surface area contributed by atoms with Gasteiger partial charge in [-0.2, -0.15) is 0 Å². The minimum atomic E-state index is -3.45. The van der Waals surface area contributed by atoms with Crippen LogP contribution in [0.1, 0.15) is 11.1 Å². The lowest BCUT2D eigenvalue weighted by atomic mass is 10.0. The van der Waals surface area contributed by atoms with Gasteiger partial charge in [0, 0.05) is 54.8 Å². The van der Waals surface area contributed by atoms with Crippen molar-refractivity contribution in [2.45, 2.75) is 6.54 Å². The van der Waals surface area contributed by atoms with E-state index < -0.39 is 10.0 Å². The second kappa shape index (κ2) is 8.07. The van der Waals surface area contributed by atoms with E-state index in [9.17, 15) is 13.2 Å². The number of carbonyl (C=O) groups is 1. The number of amides is 1. The Morgan fingerprint density at radius 3 is 2.79 bits per heavy atom. The van der Waals surface area contributed by atoms with Gasteiger partial charge in [-0.1, -0.05) is 24.1 Å². The maximum Gasteiger partial charge on any atom is 0.298 e. The highest BCUT2D eigenvalue weighted by Crippen LogP contribution is 2.18. The number of pyridine rings is 1. The summed E-state index contributed by atoms with van der Waals surface area (Å²) in [5, 5.41) is 0.896. The van der Waals surface area contributed by atoms with Crippen molar-refractivity contribution in [1.82, 2.24) is 19.6 Å². The molecular formula is C21H20N4O3S. The van der Waals surface area contributed by atoms with Crippen molar-refractivity contribution in [2.75, 3.05) is 18.8 Å². The average Bonchev–Trinajstić information content (AvgIpc) is 3.17. The van der Waals surface area contributed by atoms with E-state index in [1.807, 2.05) is 36.4 Å². The molecule has 1 aromatic carbocycles. The fourth-order valence-corrected chi connectivity index (χ4v) is 4.62. The Kier molecular flexibility index (Phi) is 5.34. The van der Waals surface area contributed by atoms with Gasteiger partial charge in [0.2, 0.25) is 10.0 Å². The third kappa shape index (κ3) is 4.65. The molecule has 2 N–H and O–H groups in total. The molecule has 29 heavy (non-hydrogen) atoms. The summed E-state index contributed by atoms with van der Waals surface area (Å²) in [5.41, 5.74) is 2.37. The molecule has 1 amide bonds. The van der Waals surface area contributed by atoms with Gasteiger partial charge in [0.15, 0.2) is 0 Å². The molecule has 0 bridgehead atoms. The number of aromatic nitrogens is 2. The van der Waals surface area contributed by atoms with Crippen LogP contribution in [-0.4, -0.2) is 48.0 Å². The largest absolute Gasteiger partial charge is 0.346 e. The first-order chi connectivity index (χ1) is 14.0. The summed E-state index contributed by atoms with van der Waals surface area (Å²) < 4.78 is 27.5. The number of nitrogens with one attached hydrogen (secondary N) is 2. The smallest absolute Gasteiger partial charge is 0.298 e. The Hall–Kier alpha value is -3.15. The molecular weight excluding hydrogens is 388 g/mol. The SMILES string of the molecule is O=C(C#Cc1ccccc1)N1CC(CS(=O)(=O)NCc2ccnc3[nH]ccc23)C1. The van der Waals surface area contributed by atoms with Gasteiger partial charge in [0.25, 0.3) is 5.91 Å². The van der Waals surface area contributed by atoms with Crippen molar-refractivity contribution in [2.24, 2.45) is 5.92 Å².